The molecule has 0 saturated carbocycles. The van der Waals surface area contributed by atoms with Crippen LogP contribution in [-0.2, 0) is 4.79 Å². The van der Waals surface area contributed by atoms with E-state index in [-0.39, 0.29) is 18.2 Å². The molecule has 0 atom stereocenters. The molecule has 2 aromatic rings. The molecular weight excluding hydrogens is 334 g/mol. The topological polar surface area (TPSA) is 73.7 Å². The molecule has 0 aromatic heterocycles. The van der Waals surface area contributed by atoms with Crippen molar-refractivity contribution in [3.63, 3.8) is 0 Å². The molecule has 0 saturated heterocycles. The number of benzene rings is 2. The van der Waals surface area contributed by atoms with E-state index >= 15 is 0 Å². The number of phenolic OH excluding ortho intramolecular Hbond substituents is 1. The monoisotopic (exact) mass is 347 g/mol. The van der Waals surface area contributed by atoms with E-state index in [0.29, 0.717) is 5.56 Å². The van der Waals surface area contributed by atoms with E-state index in [1.165, 1.54) is 6.21 Å². The number of nitrogens with zero attached hydrogens (tertiary/aromatic N) is 1. The van der Waals surface area contributed by atoms with Gasteiger partial charge in [0, 0.05) is 15.7 Å². The molecule has 1 amide bonds. The van der Waals surface area contributed by atoms with E-state index in [9.17, 15) is 9.90 Å². The molecule has 2 rings (SSSR count). The van der Waals surface area contributed by atoms with Gasteiger partial charge in [-0.1, -0.05) is 28.1 Å². The lowest BCUT2D eigenvalue weighted by Gasteiger charge is -2.05. The smallest absolute Gasteiger partial charge is 0.259 e. The average molecular weight is 348 g/mol. The lowest BCUT2D eigenvalue weighted by atomic mass is 10.2. The van der Waals surface area contributed by atoms with Crippen molar-refractivity contribution in [2.75, 3.05) is 11.9 Å². The summed E-state index contributed by atoms with van der Waals surface area (Å²) in [5, 5.41) is 16.3. The van der Waals surface area contributed by atoms with Gasteiger partial charge in [0.25, 0.3) is 5.91 Å². The number of halogens is 1. The Bertz CT molecular complexity index is 642. The molecule has 0 unspecified atom stereocenters. The van der Waals surface area contributed by atoms with Gasteiger partial charge in [0.2, 0.25) is 0 Å². The van der Waals surface area contributed by atoms with Crippen LogP contribution in [0.5, 0.6) is 5.75 Å². The second-order valence-corrected chi connectivity index (χ2v) is 5.13. The highest BCUT2D eigenvalue weighted by atomic mass is 79.9. The zero-order valence-corrected chi connectivity index (χ0v) is 12.7. The molecule has 0 bridgehead atoms. The summed E-state index contributed by atoms with van der Waals surface area (Å²) >= 11 is 3.34. The van der Waals surface area contributed by atoms with E-state index in [1.54, 1.807) is 24.3 Å². The predicted octanol–water partition coefficient (Wildman–Crippen LogP) is 2.72. The largest absolute Gasteiger partial charge is 0.507 e. The number of hydrogen-bond donors (Lipinski definition) is 3. The number of aromatic hydroxyl groups is 1. The summed E-state index contributed by atoms with van der Waals surface area (Å²) in [5.74, 6) is -0.159. The lowest BCUT2D eigenvalue weighted by Crippen LogP contribution is -2.25. The summed E-state index contributed by atoms with van der Waals surface area (Å²) in [6.07, 6.45) is 1.40. The van der Waals surface area contributed by atoms with Crippen LogP contribution >= 0.6 is 15.9 Å². The number of rotatable bonds is 5. The maximum atomic E-state index is 11.6. The normalized spacial score (nSPS) is 10.5. The van der Waals surface area contributed by atoms with Crippen LogP contribution < -0.4 is 10.7 Å². The molecule has 0 radical (unpaired) electrons. The number of phenols is 1. The minimum absolute atomic E-state index is 0.111. The summed E-state index contributed by atoms with van der Waals surface area (Å²) in [6, 6.07) is 14.2. The highest BCUT2D eigenvalue weighted by Crippen LogP contribution is 2.14. The van der Waals surface area contributed by atoms with Gasteiger partial charge in [-0.25, -0.2) is 5.43 Å². The zero-order chi connectivity index (χ0) is 15.1. The Balaban J connectivity index is 1.80. The molecule has 0 spiro atoms. The molecule has 0 fully saturated rings. The van der Waals surface area contributed by atoms with E-state index in [2.05, 4.69) is 31.8 Å². The summed E-state index contributed by atoms with van der Waals surface area (Å²) in [7, 11) is 0. The van der Waals surface area contributed by atoms with Gasteiger partial charge >= 0.3 is 0 Å². The fraction of sp³-hybridized carbons (Fsp3) is 0.0667. The minimum Gasteiger partial charge on any atom is -0.507 e. The standard InChI is InChI=1S/C15H14BrN3O2/c16-12-5-7-13(8-6-12)17-10-15(21)19-18-9-11-3-1-2-4-14(11)20/h1-9,17,20H,10H2,(H,19,21)/b18-9+. The van der Waals surface area contributed by atoms with Gasteiger partial charge in [-0.2, -0.15) is 5.10 Å². The number of hydrazone groups is 1. The number of para-hydroxylation sites is 1. The van der Waals surface area contributed by atoms with E-state index < -0.39 is 0 Å². The van der Waals surface area contributed by atoms with Crippen LogP contribution in [0, 0.1) is 0 Å². The Labute approximate surface area is 130 Å². The van der Waals surface area contributed by atoms with Crippen LogP contribution in [0.3, 0.4) is 0 Å². The SMILES string of the molecule is O=C(CNc1ccc(Br)cc1)N/N=C/c1ccccc1O. The quantitative estimate of drug-likeness (QED) is 0.575. The van der Waals surface area contributed by atoms with E-state index in [4.69, 9.17) is 0 Å². The molecule has 0 aliphatic heterocycles. The first-order valence-corrected chi connectivity index (χ1v) is 7.04. The molecule has 5 nitrogen and oxygen atoms in total. The maximum Gasteiger partial charge on any atom is 0.259 e. The first-order chi connectivity index (χ1) is 10.1. The molecular formula is C15H14BrN3O2. The molecule has 108 valence electrons. The van der Waals surface area contributed by atoms with Crippen molar-refractivity contribution in [2.45, 2.75) is 0 Å². The Morgan fingerprint density at radius 1 is 1.19 bits per heavy atom. The van der Waals surface area contributed by atoms with Gasteiger partial charge in [0.05, 0.1) is 12.8 Å². The van der Waals surface area contributed by atoms with Crippen molar-refractivity contribution in [1.29, 1.82) is 0 Å². The molecule has 21 heavy (non-hydrogen) atoms. The number of amides is 1. The average Bonchev–Trinajstić information content (AvgIpc) is 2.49. The Morgan fingerprint density at radius 3 is 2.62 bits per heavy atom. The van der Waals surface area contributed by atoms with Crippen LogP contribution in [0.2, 0.25) is 0 Å². The van der Waals surface area contributed by atoms with Crippen LogP contribution in [0.1, 0.15) is 5.56 Å². The van der Waals surface area contributed by atoms with Gasteiger partial charge in [0.15, 0.2) is 0 Å². The third-order valence-corrected chi connectivity index (χ3v) is 3.16. The number of hydrogen-bond acceptors (Lipinski definition) is 4. The minimum atomic E-state index is -0.274. The van der Waals surface area contributed by atoms with Crippen LogP contribution in [0.15, 0.2) is 58.1 Å². The van der Waals surface area contributed by atoms with E-state index in [0.717, 1.165) is 10.2 Å². The third-order valence-electron chi connectivity index (χ3n) is 2.63. The number of nitrogens with one attached hydrogen (secondary N) is 2. The highest BCUT2D eigenvalue weighted by Gasteiger charge is 2.00. The fourth-order valence-corrected chi connectivity index (χ4v) is 1.82. The van der Waals surface area contributed by atoms with Crippen LogP contribution in [0.25, 0.3) is 0 Å². The first-order valence-electron chi connectivity index (χ1n) is 6.24. The summed E-state index contributed by atoms with van der Waals surface area (Å²) in [4.78, 5) is 11.6. The summed E-state index contributed by atoms with van der Waals surface area (Å²) in [5.41, 5.74) is 3.77. The number of carbonyl (C=O) groups excluding carboxylic acids is 1. The molecule has 0 heterocycles. The van der Waals surface area contributed by atoms with Crippen molar-refractivity contribution in [2.24, 2.45) is 5.10 Å². The maximum absolute atomic E-state index is 11.6. The summed E-state index contributed by atoms with van der Waals surface area (Å²) in [6.45, 7) is 0.111. The van der Waals surface area contributed by atoms with Gasteiger partial charge in [0.1, 0.15) is 5.75 Å². The Hall–Kier alpha value is -2.34. The van der Waals surface area contributed by atoms with Gasteiger partial charge in [-0.15, -0.1) is 0 Å². The number of carbonyl (C=O) groups is 1. The second kappa shape index (κ2) is 7.44. The lowest BCUT2D eigenvalue weighted by molar-refractivity contribution is -0.119. The van der Waals surface area contributed by atoms with Crippen molar-refractivity contribution < 1.29 is 9.90 Å². The van der Waals surface area contributed by atoms with Crippen molar-refractivity contribution in [3.8, 4) is 5.75 Å². The van der Waals surface area contributed by atoms with Crippen LogP contribution in [-0.4, -0.2) is 23.8 Å². The predicted molar refractivity (Wildman–Crippen MR) is 86.5 cm³/mol. The first kappa shape index (κ1) is 15.1. The molecule has 2 aromatic carbocycles. The van der Waals surface area contributed by atoms with Gasteiger partial charge < -0.3 is 10.4 Å². The van der Waals surface area contributed by atoms with Gasteiger partial charge in [-0.05, 0) is 36.4 Å². The fourth-order valence-electron chi connectivity index (χ4n) is 1.56. The second-order valence-electron chi connectivity index (χ2n) is 4.21. The van der Waals surface area contributed by atoms with Crippen molar-refractivity contribution in [3.05, 3.63) is 58.6 Å². The van der Waals surface area contributed by atoms with Crippen molar-refractivity contribution in [1.82, 2.24) is 5.43 Å². The Morgan fingerprint density at radius 2 is 1.90 bits per heavy atom. The molecule has 0 aliphatic rings. The Kier molecular flexibility index (Phi) is 5.34. The van der Waals surface area contributed by atoms with E-state index in [1.807, 2.05) is 24.3 Å². The highest BCUT2D eigenvalue weighted by molar-refractivity contribution is 9.10. The third kappa shape index (κ3) is 4.92. The molecule has 6 heteroatoms. The molecule has 3 N–H and O–H groups in total. The zero-order valence-electron chi connectivity index (χ0n) is 11.1. The van der Waals surface area contributed by atoms with Crippen LogP contribution in [0.4, 0.5) is 5.69 Å². The van der Waals surface area contributed by atoms with Gasteiger partial charge in [-0.3, -0.25) is 4.79 Å². The molecule has 0 aliphatic carbocycles. The van der Waals surface area contributed by atoms with Crippen molar-refractivity contribution >= 4 is 33.7 Å². The summed E-state index contributed by atoms with van der Waals surface area (Å²) < 4.78 is 0.977. The number of anilines is 1.